The fraction of sp³-hybridized carbons (Fsp3) is 0. The molecule has 0 aliphatic heterocycles. The molecule has 0 unspecified atom stereocenters. The van der Waals surface area contributed by atoms with Crippen LogP contribution in [0.3, 0.4) is 0 Å². The molecule has 136 valence electrons. The molecule has 0 rings (SSSR count). The molecule has 0 amide bonds. The topological polar surface area (TPSA) is 434 Å². The Kier molecular flexibility index (Phi) is 557. The first kappa shape index (κ1) is 137. The minimum Gasteiger partial charge on any atom is -0.907 e. The maximum atomic E-state index is 8.42. The first-order valence-electron chi connectivity index (χ1n) is 2.83. The Hall–Kier alpha value is 9.58. The maximum absolute atomic E-state index is 8.42. The second-order valence-corrected chi connectivity index (χ2v) is 1.15. The van der Waals surface area contributed by atoms with Crippen LogP contribution in [0.25, 0.3) is 0 Å². The van der Waals surface area contributed by atoms with Crippen molar-refractivity contribution in [2.45, 2.75) is 0 Å². The molecule has 0 spiro atoms. The number of hydrogen-bond donors (Lipinski definition) is 0. The molecule has 0 bridgehead atoms. The van der Waals surface area contributed by atoms with Crippen molar-refractivity contribution in [2.24, 2.45) is 0 Å². The fourth-order valence-electron chi connectivity index (χ4n) is 0. The summed E-state index contributed by atoms with van der Waals surface area (Å²) in [5.41, 5.74) is 0. The van der Waals surface area contributed by atoms with Gasteiger partial charge in [-0.1, -0.05) is 0 Å². The average Bonchev–Trinajstić information content (AvgIpc) is 1.76. The summed E-state index contributed by atoms with van der Waals surface area (Å²) in [5.74, 6) is 0. The molecular formula is H10B4Na10O17-2. The van der Waals surface area contributed by atoms with Gasteiger partial charge in [0.25, 0.3) is 0 Å². The predicted molar refractivity (Wildman–Crippen MR) is 41.1 cm³/mol. The van der Waals surface area contributed by atoms with E-state index in [1.54, 1.807) is 0 Å². The molecule has 0 aromatic carbocycles. The molecular weight excluding hydrogens is 545 g/mol. The van der Waals surface area contributed by atoms with Crippen molar-refractivity contribution in [3.05, 3.63) is 0 Å². The molecule has 0 saturated heterocycles. The SMILES string of the molecule is O.O.O.O.O.[Na+].[Na+].[Na+].[Na+].[Na+].[Na+].[Na+].[Na+].[Na+].[Na+].[O-]B([O-])[O-].[O-]B([O-])[O-].[O-]B([O-])[O-].[O-]B([O-])[O-]. The molecule has 10 N–H and O–H groups in total. The zero-order valence-electron chi connectivity index (χ0n) is 19.7. The van der Waals surface area contributed by atoms with Gasteiger partial charge < -0.3 is 87.7 Å². The van der Waals surface area contributed by atoms with Crippen molar-refractivity contribution < 1.29 is 383 Å². The summed E-state index contributed by atoms with van der Waals surface area (Å²) in [6.07, 6.45) is 0. The van der Waals surface area contributed by atoms with Crippen LogP contribution < -0.4 is 356 Å². The molecule has 0 aromatic rings. The van der Waals surface area contributed by atoms with Crippen molar-refractivity contribution in [2.75, 3.05) is 0 Å². The first-order chi connectivity index (χ1) is 6.93. The molecule has 0 saturated carbocycles. The van der Waals surface area contributed by atoms with E-state index in [1.807, 2.05) is 0 Å². The van der Waals surface area contributed by atoms with E-state index >= 15 is 0 Å². The van der Waals surface area contributed by atoms with E-state index < -0.39 is 29.3 Å². The summed E-state index contributed by atoms with van der Waals surface area (Å²) in [5, 5.41) is 101. The molecule has 0 aromatic heterocycles. The standard InChI is InChI=1S/4BO3.10Na.5H2O/c4*2-1(3)4;;;;;;;;;;;;;;;/h;;;;;;;;;;;;;;5*1H2/q4*-3;10*+1;;;;;. The van der Waals surface area contributed by atoms with Crippen LogP contribution >= 0.6 is 0 Å². The van der Waals surface area contributed by atoms with Gasteiger partial charge in [0.2, 0.25) is 0 Å². The fourth-order valence-corrected chi connectivity index (χ4v) is 0. The minimum absolute atomic E-state index is 0. The Morgan fingerprint density at radius 1 is 0.194 bits per heavy atom. The molecule has 0 heterocycles. The van der Waals surface area contributed by atoms with Crippen LogP contribution in [0, 0.1) is 0 Å². The molecule has 31 heteroatoms. The van der Waals surface area contributed by atoms with Crippen molar-refractivity contribution in [1.82, 2.24) is 0 Å². The van der Waals surface area contributed by atoms with Gasteiger partial charge in [-0.3, -0.25) is 29.3 Å². The zero-order valence-corrected chi connectivity index (χ0v) is 39.7. The first-order valence-corrected chi connectivity index (χ1v) is 2.83. The van der Waals surface area contributed by atoms with Crippen LogP contribution in [0.4, 0.5) is 0 Å². The Bertz CT molecular complexity index is 85.9. The van der Waals surface area contributed by atoms with E-state index in [4.69, 9.17) is 60.3 Å². The van der Waals surface area contributed by atoms with E-state index in [0.29, 0.717) is 0 Å². The summed E-state index contributed by atoms with van der Waals surface area (Å²) in [7, 11) is -11.7. The second kappa shape index (κ2) is 127. The Morgan fingerprint density at radius 3 is 0.194 bits per heavy atom. The Balaban J connectivity index is -0.00000000314. The Morgan fingerprint density at radius 2 is 0.194 bits per heavy atom. The van der Waals surface area contributed by atoms with Crippen LogP contribution in [0.15, 0.2) is 0 Å². The number of rotatable bonds is 0. The van der Waals surface area contributed by atoms with Crippen molar-refractivity contribution in [3.8, 4) is 0 Å². The monoisotopic (exact) mass is 556 g/mol. The molecule has 0 fully saturated rings. The Labute approximate surface area is 402 Å². The average molecular weight is 555 g/mol. The largest absolute Gasteiger partial charge is 1.00 e. The van der Waals surface area contributed by atoms with Crippen LogP contribution in [0.1, 0.15) is 0 Å². The van der Waals surface area contributed by atoms with E-state index in [-0.39, 0.29) is 323 Å². The summed E-state index contributed by atoms with van der Waals surface area (Å²) >= 11 is 0. The maximum Gasteiger partial charge on any atom is 1.00 e. The summed E-state index contributed by atoms with van der Waals surface area (Å²) in [6.45, 7) is 0. The van der Waals surface area contributed by atoms with Crippen LogP contribution in [-0.2, 0) is 0 Å². The number of hydrogen-bond acceptors (Lipinski definition) is 12. The molecule has 17 nitrogen and oxygen atoms in total. The molecule has 0 atom stereocenters. The van der Waals surface area contributed by atoms with Crippen LogP contribution in [0.5, 0.6) is 0 Å². The van der Waals surface area contributed by atoms with Gasteiger partial charge in [-0.25, -0.2) is 0 Å². The van der Waals surface area contributed by atoms with Gasteiger partial charge in [-0.2, -0.15) is 0 Å². The summed E-state index contributed by atoms with van der Waals surface area (Å²) < 4.78 is 0. The van der Waals surface area contributed by atoms with E-state index in [1.165, 1.54) is 0 Å². The van der Waals surface area contributed by atoms with Crippen LogP contribution in [0.2, 0.25) is 0 Å². The normalized spacial score (nSPS) is 3.48. The van der Waals surface area contributed by atoms with E-state index in [0.717, 1.165) is 0 Å². The molecule has 0 aliphatic carbocycles. The van der Waals surface area contributed by atoms with Gasteiger partial charge in [0.1, 0.15) is 0 Å². The minimum atomic E-state index is -2.92. The van der Waals surface area contributed by atoms with Gasteiger partial charge in [0.15, 0.2) is 0 Å². The summed E-state index contributed by atoms with van der Waals surface area (Å²) in [6, 6.07) is 0. The predicted octanol–water partition coefficient (Wildman–Crippen LogP) is -49.9. The third-order valence-corrected chi connectivity index (χ3v) is 0. The zero-order chi connectivity index (χ0) is 14.3. The van der Waals surface area contributed by atoms with Crippen molar-refractivity contribution in [1.29, 1.82) is 0 Å². The van der Waals surface area contributed by atoms with Crippen LogP contribution in [-0.4, -0.2) is 56.7 Å². The van der Waals surface area contributed by atoms with Crippen molar-refractivity contribution >= 4 is 29.3 Å². The van der Waals surface area contributed by atoms with Gasteiger partial charge in [0, 0.05) is 0 Å². The van der Waals surface area contributed by atoms with Crippen molar-refractivity contribution in [3.63, 3.8) is 0 Å². The van der Waals surface area contributed by atoms with E-state index in [2.05, 4.69) is 0 Å². The molecule has 0 aliphatic rings. The summed E-state index contributed by atoms with van der Waals surface area (Å²) in [4.78, 5) is 0. The van der Waals surface area contributed by atoms with Gasteiger partial charge in [-0.05, 0) is 0 Å². The second-order valence-electron chi connectivity index (χ2n) is 1.15. The van der Waals surface area contributed by atoms with Gasteiger partial charge in [-0.15, -0.1) is 0 Å². The third-order valence-electron chi connectivity index (χ3n) is 0. The van der Waals surface area contributed by atoms with E-state index in [9.17, 15) is 0 Å². The molecule has 31 heavy (non-hydrogen) atoms. The van der Waals surface area contributed by atoms with Gasteiger partial charge >= 0.3 is 296 Å². The third kappa shape index (κ3) is 609. The smallest absolute Gasteiger partial charge is 0.907 e. The van der Waals surface area contributed by atoms with Gasteiger partial charge in [0.05, 0.1) is 0 Å². The molecule has 0 radical (unpaired) electrons. The quantitative estimate of drug-likeness (QED) is 0.251.